The van der Waals surface area contributed by atoms with Crippen molar-refractivity contribution in [1.29, 1.82) is 0 Å². The Kier molecular flexibility index (Phi) is 6.21. The SMILES string of the molecule is CC(C)CCCCCO[Si](C)(C)C1=CC=CC1. The van der Waals surface area contributed by atoms with E-state index in [-0.39, 0.29) is 0 Å². The molecule has 0 aromatic carbocycles. The maximum absolute atomic E-state index is 6.15. The van der Waals surface area contributed by atoms with E-state index in [4.69, 9.17) is 4.43 Å². The molecule has 1 aliphatic carbocycles. The van der Waals surface area contributed by atoms with Crippen molar-refractivity contribution in [3.63, 3.8) is 0 Å². The van der Waals surface area contributed by atoms with Crippen LogP contribution in [0.25, 0.3) is 0 Å². The Balaban J connectivity index is 2.09. The third-order valence-electron chi connectivity index (χ3n) is 3.43. The maximum atomic E-state index is 6.15. The van der Waals surface area contributed by atoms with Gasteiger partial charge in [0, 0.05) is 6.61 Å². The molecule has 0 atom stereocenters. The number of unbranched alkanes of at least 4 members (excludes halogenated alkanes) is 2. The van der Waals surface area contributed by atoms with E-state index in [1.165, 1.54) is 25.7 Å². The van der Waals surface area contributed by atoms with Crippen molar-refractivity contribution < 1.29 is 4.43 Å². The highest BCUT2D eigenvalue weighted by Crippen LogP contribution is 2.24. The summed E-state index contributed by atoms with van der Waals surface area (Å²) in [6, 6.07) is 0. The van der Waals surface area contributed by atoms with Gasteiger partial charge in [-0.15, -0.1) is 0 Å². The van der Waals surface area contributed by atoms with Crippen LogP contribution in [0.15, 0.2) is 23.4 Å². The second kappa shape index (κ2) is 7.17. The van der Waals surface area contributed by atoms with Crippen LogP contribution in [0.1, 0.15) is 46.0 Å². The van der Waals surface area contributed by atoms with E-state index in [0.717, 1.165) is 18.9 Å². The van der Waals surface area contributed by atoms with E-state index >= 15 is 0 Å². The maximum Gasteiger partial charge on any atom is 0.214 e. The fourth-order valence-corrected chi connectivity index (χ4v) is 4.09. The first-order valence-corrected chi connectivity index (χ1v) is 9.93. The Morgan fingerprint density at radius 1 is 1.24 bits per heavy atom. The Hall–Kier alpha value is -0.343. The summed E-state index contributed by atoms with van der Waals surface area (Å²) >= 11 is 0. The van der Waals surface area contributed by atoms with Gasteiger partial charge in [-0.1, -0.05) is 56.5 Å². The third kappa shape index (κ3) is 5.69. The summed E-state index contributed by atoms with van der Waals surface area (Å²) in [7, 11) is -1.55. The lowest BCUT2D eigenvalue weighted by molar-refractivity contribution is 0.298. The van der Waals surface area contributed by atoms with E-state index in [2.05, 4.69) is 45.2 Å². The van der Waals surface area contributed by atoms with Gasteiger partial charge in [0.25, 0.3) is 0 Å². The summed E-state index contributed by atoms with van der Waals surface area (Å²) in [5.41, 5.74) is 0. The highest BCUT2D eigenvalue weighted by Gasteiger charge is 2.27. The van der Waals surface area contributed by atoms with Gasteiger partial charge in [0.05, 0.1) is 0 Å². The molecule has 1 rings (SSSR count). The van der Waals surface area contributed by atoms with Gasteiger partial charge in [-0.2, -0.15) is 0 Å². The lowest BCUT2D eigenvalue weighted by Gasteiger charge is -2.24. The number of allylic oxidation sites excluding steroid dienone is 4. The molecule has 0 spiro atoms. The monoisotopic (exact) mass is 252 g/mol. The van der Waals surface area contributed by atoms with Crippen LogP contribution in [0.2, 0.25) is 13.1 Å². The predicted molar refractivity (Wildman–Crippen MR) is 78.6 cm³/mol. The summed E-state index contributed by atoms with van der Waals surface area (Å²) in [5, 5.41) is 1.54. The Morgan fingerprint density at radius 2 is 2.00 bits per heavy atom. The lowest BCUT2D eigenvalue weighted by Crippen LogP contribution is -2.33. The fourth-order valence-electron chi connectivity index (χ4n) is 2.15. The average molecular weight is 252 g/mol. The standard InChI is InChI=1S/C15H28OSi/c1-14(2)10-6-5-9-13-16-17(3,4)15-11-7-8-12-15/h7-8,11,14H,5-6,9-10,12-13H2,1-4H3. The van der Waals surface area contributed by atoms with Crippen LogP contribution in [-0.2, 0) is 4.43 Å². The second-order valence-electron chi connectivity index (χ2n) is 5.93. The summed E-state index contributed by atoms with van der Waals surface area (Å²) in [4.78, 5) is 0. The van der Waals surface area contributed by atoms with Gasteiger partial charge in [-0.3, -0.25) is 0 Å². The molecule has 0 bridgehead atoms. The fraction of sp³-hybridized carbons (Fsp3) is 0.733. The van der Waals surface area contributed by atoms with Gasteiger partial charge >= 0.3 is 0 Å². The van der Waals surface area contributed by atoms with Crippen molar-refractivity contribution in [3.05, 3.63) is 23.4 Å². The summed E-state index contributed by atoms with van der Waals surface area (Å²) in [6.07, 6.45) is 13.0. The Morgan fingerprint density at radius 3 is 2.59 bits per heavy atom. The van der Waals surface area contributed by atoms with Gasteiger partial charge in [0.15, 0.2) is 0 Å². The molecule has 0 fully saturated rings. The van der Waals surface area contributed by atoms with Gasteiger partial charge in [-0.05, 0) is 31.9 Å². The van der Waals surface area contributed by atoms with Crippen LogP contribution >= 0.6 is 0 Å². The van der Waals surface area contributed by atoms with Crippen LogP contribution in [0.3, 0.4) is 0 Å². The van der Waals surface area contributed by atoms with Gasteiger partial charge in [0.1, 0.15) is 0 Å². The highest BCUT2D eigenvalue weighted by atomic mass is 28.4. The molecular formula is C15H28OSi. The van der Waals surface area contributed by atoms with Crippen LogP contribution in [-0.4, -0.2) is 14.9 Å². The average Bonchev–Trinajstić information content (AvgIpc) is 2.76. The zero-order chi connectivity index (χ0) is 12.7. The molecule has 0 saturated carbocycles. The first-order chi connectivity index (χ1) is 8.02. The van der Waals surface area contributed by atoms with Crippen molar-refractivity contribution in [1.82, 2.24) is 0 Å². The molecular weight excluding hydrogens is 224 g/mol. The quantitative estimate of drug-likeness (QED) is 0.443. The molecule has 1 aliphatic rings. The minimum absolute atomic E-state index is 0.844. The molecule has 0 N–H and O–H groups in total. The van der Waals surface area contributed by atoms with Crippen molar-refractivity contribution in [2.24, 2.45) is 5.92 Å². The molecule has 0 aromatic rings. The van der Waals surface area contributed by atoms with Crippen LogP contribution in [0.5, 0.6) is 0 Å². The Bertz CT molecular complexity index is 277. The van der Waals surface area contributed by atoms with E-state index in [0.29, 0.717) is 0 Å². The first kappa shape index (κ1) is 14.7. The number of hydrogen-bond donors (Lipinski definition) is 0. The molecule has 0 aliphatic heterocycles. The molecule has 0 heterocycles. The molecule has 17 heavy (non-hydrogen) atoms. The van der Waals surface area contributed by atoms with E-state index in [9.17, 15) is 0 Å². The summed E-state index contributed by atoms with van der Waals surface area (Å²) in [6.45, 7) is 10.2. The van der Waals surface area contributed by atoms with Gasteiger partial charge in [0.2, 0.25) is 8.32 Å². The van der Waals surface area contributed by atoms with Gasteiger partial charge < -0.3 is 4.43 Å². The number of hydrogen-bond acceptors (Lipinski definition) is 1. The zero-order valence-electron chi connectivity index (χ0n) is 12.0. The van der Waals surface area contributed by atoms with Crippen molar-refractivity contribution in [2.75, 3.05) is 6.61 Å². The lowest BCUT2D eigenvalue weighted by atomic mass is 10.1. The predicted octanol–water partition coefficient (Wildman–Crippen LogP) is 4.85. The Labute approximate surface area is 108 Å². The van der Waals surface area contributed by atoms with Crippen LogP contribution in [0.4, 0.5) is 0 Å². The second-order valence-corrected chi connectivity index (χ2v) is 9.88. The smallest absolute Gasteiger partial charge is 0.214 e. The molecule has 2 heteroatoms. The van der Waals surface area contributed by atoms with Crippen molar-refractivity contribution in [3.8, 4) is 0 Å². The minimum Gasteiger partial charge on any atom is -0.413 e. The molecule has 1 nitrogen and oxygen atoms in total. The largest absolute Gasteiger partial charge is 0.413 e. The molecule has 0 radical (unpaired) electrons. The van der Waals surface area contributed by atoms with E-state index < -0.39 is 8.32 Å². The molecule has 0 unspecified atom stereocenters. The summed E-state index contributed by atoms with van der Waals surface area (Å²) < 4.78 is 6.15. The zero-order valence-corrected chi connectivity index (χ0v) is 13.0. The third-order valence-corrected chi connectivity index (χ3v) is 6.28. The van der Waals surface area contributed by atoms with Crippen molar-refractivity contribution >= 4 is 8.32 Å². The topological polar surface area (TPSA) is 9.23 Å². The molecule has 0 saturated heterocycles. The first-order valence-electron chi connectivity index (χ1n) is 7.02. The van der Waals surface area contributed by atoms with Crippen LogP contribution < -0.4 is 0 Å². The molecule has 0 amide bonds. The number of rotatable bonds is 8. The normalized spacial score (nSPS) is 15.7. The van der Waals surface area contributed by atoms with E-state index in [1.807, 2.05) is 0 Å². The molecule has 0 aromatic heterocycles. The van der Waals surface area contributed by atoms with E-state index in [1.54, 1.807) is 5.20 Å². The van der Waals surface area contributed by atoms with Crippen LogP contribution in [0, 0.1) is 5.92 Å². The van der Waals surface area contributed by atoms with Gasteiger partial charge in [-0.25, -0.2) is 0 Å². The summed E-state index contributed by atoms with van der Waals surface area (Å²) in [5.74, 6) is 0.844. The molecule has 98 valence electrons. The minimum atomic E-state index is -1.55. The highest BCUT2D eigenvalue weighted by molar-refractivity contribution is 6.78. The van der Waals surface area contributed by atoms with Crippen molar-refractivity contribution in [2.45, 2.75) is 59.0 Å².